The van der Waals surface area contributed by atoms with Gasteiger partial charge in [-0.2, -0.15) is 13.2 Å². The van der Waals surface area contributed by atoms with Gasteiger partial charge in [0, 0.05) is 53.2 Å². The lowest BCUT2D eigenvalue weighted by molar-refractivity contribution is -0.137. The number of carbonyl (C=O) groups excluding carboxylic acids is 2. The second-order valence-corrected chi connectivity index (χ2v) is 10.8. The van der Waals surface area contributed by atoms with Gasteiger partial charge in [0.2, 0.25) is 0 Å². The first-order chi connectivity index (χ1) is 18.7. The van der Waals surface area contributed by atoms with E-state index < -0.39 is 35.2 Å². The monoisotopic (exact) mass is 579 g/mol. The van der Waals surface area contributed by atoms with Crippen molar-refractivity contribution in [1.82, 2.24) is 10.3 Å². The van der Waals surface area contributed by atoms with E-state index in [9.17, 15) is 27.2 Å². The van der Waals surface area contributed by atoms with E-state index in [1.807, 2.05) is 0 Å². The van der Waals surface area contributed by atoms with Crippen LogP contribution in [0.25, 0.3) is 11.1 Å². The molecule has 0 saturated heterocycles. The molecular formula is C28H29F4N3O4S. The van der Waals surface area contributed by atoms with Crippen LogP contribution in [0.1, 0.15) is 36.7 Å². The van der Waals surface area contributed by atoms with Crippen LogP contribution in [0.2, 0.25) is 0 Å². The second kappa shape index (κ2) is 12.6. The zero-order valence-electron chi connectivity index (χ0n) is 22.6. The number of rotatable bonds is 8. The molecule has 0 unspecified atom stereocenters. The number of methoxy groups -OCH3 is 1. The molecule has 0 saturated carbocycles. The third kappa shape index (κ3) is 8.10. The zero-order valence-corrected chi connectivity index (χ0v) is 23.4. The summed E-state index contributed by atoms with van der Waals surface area (Å²) in [4.78, 5) is 30.7. The Morgan fingerprint density at radius 3 is 2.42 bits per heavy atom. The van der Waals surface area contributed by atoms with Crippen molar-refractivity contribution in [2.75, 3.05) is 31.4 Å². The number of amides is 2. The molecule has 7 nitrogen and oxygen atoms in total. The molecule has 0 spiro atoms. The molecule has 12 heteroatoms. The normalized spacial score (nSPS) is 11.6. The van der Waals surface area contributed by atoms with Crippen LogP contribution in [-0.4, -0.2) is 49.0 Å². The Bertz CT molecular complexity index is 1380. The van der Waals surface area contributed by atoms with Crippen molar-refractivity contribution in [3.8, 4) is 16.9 Å². The molecule has 40 heavy (non-hydrogen) atoms. The third-order valence-electron chi connectivity index (χ3n) is 5.44. The van der Waals surface area contributed by atoms with E-state index in [2.05, 4.69) is 10.3 Å². The summed E-state index contributed by atoms with van der Waals surface area (Å²) in [6.45, 7) is 5.27. The lowest BCUT2D eigenvalue weighted by Crippen LogP contribution is -2.33. The number of aromatic nitrogens is 1. The number of benzene rings is 2. The minimum Gasteiger partial charge on any atom is -0.496 e. The smallest absolute Gasteiger partial charge is 0.416 e. The summed E-state index contributed by atoms with van der Waals surface area (Å²) in [5.74, 6) is -0.779. The van der Waals surface area contributed by atoms with Crippen molar-refractivity contribution in [2.24, 2.45) is 0 Å². The van der Waals surface area contributed by atoms with Crippen molar-refractivity contribution >= 4 is 29.4 Å². The molecule has 2 amide bonds. The highest BCUT2D eigenvalue weighted by molar-refractivity contribution is 7.99. The minimum atomic E-state index is -4.69. The van der Waals surface area contributed by atoms with Crippen LogP contribution < -0.4 is 15.0 Å². The lowest BCUT2D eigenvalue weighted by atomic mass is 10.0. The molecule has 3 aromatic rings. The highest BCUT2D eigenvalue weighted by Crippen LogP contribution is 2.38. The highest BCUT2D eigenvalue weighted by atomic mass is 32.2. The van der Waals surface area contributed by atoms with Crippen molar-refractivity contribution in [3.05, 3.63) is 71.8 Å². The van der Waals surface area contributed by atoms with Gasteiger partial charge >= 0.3 is 12.3 Å². The first-order valence-corrected chi connectivity index (χ1v) is 13.1. The van der Waals surface area contributed by atoms with Gasteiger partial charge in [-0.05, 0) is 57.2 Å². The summed E-state index contributed by atoms with van der Waals surface area (Å²) in [5, 5.41) is 2.55. The first kappa shape index (κ1) is 30.7. The van der Waals surface area contributed by atoms with Crippen molar-refractivity contribution in [3.63, 3.8) is 0 Å². The molecule has 1 aromatic heterocycles. The van der Waals surface area contributed by atoms with Gasteiger partial charge in [-0.15, -0.1) is 11.8 Å². The number of alkyl carbamates (subject to hydrolysis) is 1. The Balaban J connectivity index is 1.88. The van der Waals surface area contributed by atoms with Gasteiger partial charge in [0.1, 0.15) is 17.2 Å². The van der Waals surface area contributed by atoms with Gasteiger partial charge < -0.3 is 19.7 Å². The van der Waals surface area contributed by atoms with E-state index in [0.29, 0.717) is 11.1 Å². The average molecular weight is 580 g/mol. The molecule has 1 heterocycles. The summed E-state index contributed by atoms with van der Waals surface area (Å²) in [6.07, 6.45) is -2.47. The Hall–Kier alpha value is -3.80. The number of hydrogen-bond acceptors (Lipinski definition) is 6. The molecular weight excluding hydrogens is 550 g/mol. The summed E-state index contributed by atoms with van der Waals surface area (Å²) in [6, 6.07) is 8.60. The standard InChI is InChI=1S/C28H29F4N3O4S/c1-27(2,3)39-26(37)34-10-11-40-20-13-17(12-18(14-20)28(30,31)32)25(36)35(4)23-16-33-9-8-21(23)22-7-6-19(29)15-24(22)38-5/h6-9,12-16H,10-11H2,1-5H3,(H,34,37). The van der Waals surface area contributed by atoms with Crippen LogP contribution in [0.5, 0.6) is 5.75 Å². The van der Waals surface area contributed by atoms with Crippen LogP contribution >= 0.6 is 11.8 Å². The van der Waals surface area contributed by atoms with Gasteiger partial charge in [0.15, 0.2) is 0 Å². The fourth-order valence-electron chi connectivity index (χ4n) is 3.68. The predicted octanol–water partition coefficient (Wildman–Crippen LogP) is 6.81. The molecule has 214 valence electrons. The first-order valence-electron chi connectivity index (χ1n) is 12.1. The molecule has 0 aliphatic rings. The molecule has 3 rings (SSSR count). The topological polar surface area (TPSA) is 80.8 Å². The predicted molar refractivity (Wildman–Crippen MR) is 145 cm³/mol. The van der Waals surface area contributed by atoms with Crippen LogP contribution in [0.15, 0.2) is 59.8 Å². The minimum absolute atomic E-state index is 0.136. The molecule has 0 atom stereocenters. The number of halogens is 4. The quantitative estimate of drug-likeness (QED) is 0.179. The molecule has 2 aromatic carbocycles. The summed E-state index contributed by atoms with van der Waals surface area (Å²) < 4.78 is 65.4. The molecule has 0 aliphatic carbocycles. The second-order valence-electron chi connectivity index (χ2n) is 9.62. The van der Waals surface area contributed by atoms with Gasteiger partial charge in [-0.25, -0.2) is 9.18 Å². The average Bonchev–Trinajstić information content (AvgIpc) is 2.88. The van der Waals surface area contributed by atoms with Gasteiger partial charge in [0.05, 0.1) is 24.6 Å². The summed E-state index contributed by atoms with van der Waals surface area (Å²) >= 11 is 1.05. The van der Waals surface area contributed by atoms with Crippen LogP contribution in [0, 0.1) is 5.82 Å². The molecule has 1 N–H and O–H groups in total. The number of ether oxygens (including phenoxy) is 2. The largest absolute Gasteiger partial charge is 0.496 e. The Morgan fingerprint density at radius 1 is 1.05 bits per heavy atom. The number of nitrogens with zero attached hydrogens (tertiary/aromatic N) is 2. The Morgan fingerprint density at radius 2 is 1.77 bits per heavy atom. The molecule has 0 bridgehead atoms. The van der Waals surface area contributed by atoms with E-state index in [1.54, 1.807) is 26.8 Å². The molecule has 0 fully saturated rings. The fraction of sp³-hybridized carbons (Fsp3) is 0.321. The van der Waals surface area contributed by atoms with E-state index in [0.717, 1.165) is 23.9 Å². The third-order valence-corrected chi connectivity index (χ3v) is 6.42. The van der Waals surface area contributed by atoms with Gasteiger partial charge in [0.25, 0.3) is 5.91 Å². The van der Waals surface area contributed by atoms with Gasteiger partial charge in [-0.1, -0.05) is 0 Å². The van der Waals surface area contributed by atoms with Crippen molar-refractivity contribution in [2.45, 2.75) is 37.4 Å². The van der Waals surface area contributed by atoms with Crippen LogP contribution in [0.3, 0.4) is 0 Å². The molecule has 0 radical (unpaired) electrons. The fourth-order valence-corrected chi connectivity index (χ4v) is 4.54. The zero-order chi connectivity index (χ0) is 29.7. The molecule has 0 aliphatic heterocycles. The maximum absolute atomic E-state index is 13.8. The number of pyridine rings is 1. The highest BCUT2D eigenvalue weighted by Gasteiger charge is 2.32. The maximum Gasteiger partial charge on any atom is 0.416 e. The number of hydrogen-bond donors (Lipinski definition) is 1. The van der Waals surface area contributed by atoms with Crippen LogP contribution in [-0.2, 0) is 10.9 Å². The Kier molecular flexibility index (Phi) is 9.67. The van der Waals surface area contributed by atoms with E-state index in [1.165, 1.54) is 55.7 Å². The van der Waals surface area contributed by atoms with E-state index >= 15 is 0 Å². The number of alkyl halides is 3. The number of thioether (sulfide) groups is 1. The number of carbonyl (C=O) groups is 2. The number of nitrogens with one attached hydrogen (secondary N) is 1. The van der Waals surface area contributed by atoms with E-state index in [-0.39, 0.29) is 34.2 Å². The van der Waals surface area contributed by atoms with E-state index in [4.69, 9.17) is 9.47 Å². The summed E-state index contributed by atoms with van der Waals surface area (Å²) in [5.41, 5.74) is -0.640. The lowest BCUT2D eigenvalue weighted by Gasteiger charge is -2.22. The number of anilines is 1. The van der Waals surface area contributed by atoms with Crippen molar-refractivity contribution < 1.29 is 36.6 Å². The maximum atomic E-state index is 13.8. The van der Waals surface area contributed by atoms with Gasteiger partial charge in [-0.3, -0.25) is 9.78 Å². The SMILES string of the molecule is COc1cc(F)ccc1-c1ccncc1N(C)C(=O)c1cc(SCCNC(=O)OC(C)(C)C)cc(C(F)(F)F)c1. The van der Waals surface area contributed by atoms with Crippen LogP contribution in [0.4, 0.5) is 28.0 Å². The Labute approximate surface area is 233 Å². The summed E-state index contributed by atoms with van der Waals surface area (Å²) in [7, 11) is 2.79. The van der Waals surface area contributed by atoms with Crippen molar-refractivity contribution in [1.29, 1.82) is 0 Å².